The molecule has 3 nitrogen and oxygen atoms in total. The third-order valence-electron chi connectivity index (χ3n) is 2.88. The second-order valence-corrected chi connectivity index (χ2v) is 5.67. The van der Waals surface area contributed by atoms with Crippen LogP contribution in [0.5, 0.6) is 0 Å². The monoisotopic (exact) mass is 236 g/mol. The zero-order valence-electron chi connectivity index (χ0n) is 11.7. The number of ketones is 1. The van der Waals surface area contributed by atoms with E-state index in [2.05, 4.69) is 32.8 Å². The topological polar surface area (TPSA) is 34.9 Å². The van der Waals surface area contributed by atoms with E-state index in [9.17, 15) is 4.79 Å². The first-order chi connectivity index (χ1) is 7.87. The van der Waals surface area contributed by atoms with Crippen LogP contribution in [0, 0.1) is 5.41 Å². The van der Waals surface area contributed by atoms with Crippen molar-refractivity contribution in [2.75, 3.05) is 0 Å². The van der Waals surface area contributed by atoms with Crippen molar-refractivity contribution in [3.63, 3.8) is 0 Å². The Balaban J connectivity index is 2.77. The van der Waals surface area contributed by atoms with Crippen molar-refractivity contribution in [3.05, 3.63) is 17.5 Å². The molecule has 1 heterocycles. The van der Waals surface area contributed by atoms with Crippen LogP contribution in [0.15, 0.2) is 6.07 Å². The van der Waals surface area contributed by atoms with Crippen LogP contribution >= 0.6 is 0 Å². The van der Waals surface area contributed by atoms with E-state index in [0.717, 1.165) is 30.8 Å². The number of rotatable bonds is 5. The molecule has 96 valence electrons. The summed E-state index contributed by atoms with van der Waals surface area (Å²) in [7, 11) is 0. The molecule has 1 rings (SSSR count). The van der Waals surface area contributed by atoms with E-state index in [1.54, 1.807) is 0 Å². The summed E-state index contributed by atoms with van der Waals surface area (Å²) < 4.78 is 1.82. The van der Waals surface area contributed by atoms with E-state index in [4.69, 9.17) is 0 Å². The maximum absolute atomic E-state index is 12.1. The van der Waals surface area contributed by atoms with Gasteiger partial charge in [-0.25, -0.2) is 0 Å². The zero-order valence-corrected chi connectivity index (χ0v) is 11.7. The average molecular weight is 236 g/mol. The Labute approximate surface area is 104 Å². The highest BCUT2D eigenvalue weighted by molar-refractivity contribution is 5.94. The summed E-state index contributed by atoms with van der Waals surface area (Å²) in [4.78, 5) is 12.1. The summed E-state index contributed by atoms with van der Waals surface area (Å²) in [5, 5.41) is 4.41. The molecule has 0 aromatic carbocycles. The summed E-state index contributed by atoms with van der Waals surface area (Å²) in [6.45, 7) is 11.3. The van der Waals surface area contributed by atoms with Crippen LogP contribution in [-0.2, 0) is 13.0 Å². The van der Waals surface area contributed by atoms with Crippen LogP contribution < -0.4 is 0 Å². The van der Waals surface area contributed by atoms with Crippen LogP contribution in [0.3, 0.4) is 0 Å². The molecule has 3 heteroatoms. The summed E-state index contributed by atoms with van der Waals surface area (Å²) >= 11 is 0. The van der Waals surface area contributed by atoms with E-state index in [1.165, 1.54) is 0 Å². The number of aromatic nitrogens is 2. The summed E-state index contributed by atoms with van der Waals surface area (Å²) in [5.74, 6) is 0.217. The Bertz CT molecular complexity index is 385. The van der Waals surface area contributed by atoms with Gasteiger partial charge < -0.3 is 0 Å². The lowest BCUT2D eigenvalue weighted by molar-refractivity contribution is 0.0955. The molecule has 0 aliphatic rings. The van der Waals surface area contributed by atoms with E-state index < -0.39 is 0 Å². The molecule has 0 atom stereocenters. The van der Waals surface area contributed by atoms with Crippen molar-refractivity contribution in [1.82, 2.24) is 9.78 Å². The van der Waals surface area contributed by atoms with E-state index >= 15 is 0 Å². The normalized spacial score (nSPS) is 11.8. The van der Waals surface area contributed by atoms with Gasteiger partial charge in [0.15, 0.2) is 5.78 Å². The number of carbonyl (C=O) groups is 1. The molecule has 0 aliphatic heterocycles. The van der Waals surface area contributed by atoms with Gasteiger partial charge in [0.1, 0.15) is 5.69 Å². The Kier molecular flexibility index (Phi) is 4.49. The summed E-state index contributed by atoms with van der Waals surface area (Å²) in [6.07, 6.45) is 2.41. The number of aryl methyl sites for hydroxylation is 2. The molecule has 0 unspecified atom stereocenters. The third kappa shape index (κ3) is 3.99. The molecule has 0 spiro atoms. The Morgan fingerprint density at radius 3 is 2.47 bits per heavy atom. The highest BCUT2D eigenvalue weighted by atomic mass is 16.1. The van der Waals surface area contributed by atoms with Gasteiger partial charge in [-0.05, 0) is 31.2 Å². The van der Waals surface area contributed by atoms with Crippen molar-refractivity contribution in [2.45, 2.75) is 60.4 Å². The largest absolute Gasteiger partial charge is 0.292 e. The van der Waals surface area contributed by atoms with Gasteiger partial charge in [-0.1, -0.05) is 27.7 Å². The quantitative estimate of drug-likeness (QED) is 0.734. The van der Waals surface area contributed by atoms with Gasteiger partial charge in [0.25, 0.3) is 0 Å². The molecule has 0 saturated heterocycles. The maximum atomic E-state index is 12.1. The van der Waals surface area contributed by atoms with Gasteiger partial charge in [-0.15, -0.1) is 0 Å². The predicted molar refractivity (Wildman–Crippen MR) is 70.3 cm³/mol. The first kappa shape index (κ1) is 13.9. The van der Waals surface area contributed by atoms with Crippen molar-refractivity contribution in [3.8, 4) is 0 Å². The van der Waals surface area contributed by atoms with Crippen LogP contribution in [0.4, 0.5) is 0 Å². The molecule has 0 amide bonds. The van der Waals surface area contributed by atoms with Crippen molar-refractivity contribution < 1.29 is 4.79 Å². The number of carbonyl (C=O) groups excluding carboxylic acids is 1. The molecule has 17 heavy (non-hydrogen) atoms. The molecule has 0 radical (unpaired) electrons. The van der Waals surface area contributed by atoms with Crippen molar-refractivity contribution in [2.24, 2.45) is 5.41 Å². The van der Waals surface area contributed by atoms with Crippen molar-refractivity contribution in [1.29, 1.82) is 0 Å². The Morgan fingerprint density at radius 1 is 1.35 bits per heavy atom. The molecule has 0 aliphatic carbocycles. The predicted octanol–water partition coefficient (Wildman–Crippen LogP) is 3.47. The first-order valence-corrected chi connectivity index (χ1v) is 6.47. The minimum Gasteiger partial charge on any atom is -0.292 e. The minimum absolute atomic E-state index is 0.209. The molecule has 0 saturated carbocycles. The minimum atomic E-state index is 0.209. The van der Waals surface area contributed by atoms with Gasteiger partial charge in [0.05, 0.1) is 5.69 Å². The number of hydrogen-bond acceptors (Lipinski definition) is 2. The smallest absolute Gasteiger partial charge is 0.180 e. The highest BCUT2D eigenvalue weighted by Gasteiger charge is 2.17. The lowest BCUT2D eigenvalue weighted by Gasteiger charge is -2.17. The molecule has 1 aromatic rings. The summed E-state index contributed by atoms with van der Waals surface area (Å²) in [5.41, 5.74) is 1.99. The first-order valence-electron chi connectivity index (χ1n) is 6.47. The van der Waals surface area contributed by atoms with Gasteiger partial charge in [0.2, 0.25) is 0 Å². The fourth-order valence-electron chi connectivity index (χ4n) is 1.72. The van der Waals surface area contributed by atoms with Crippen molar-refractivity contribution >= 4 is 5.78 Å². The standard InChI is InChI=1S/C14H24N2O/c1-6-11-10-12(16(7-2)15-11)13(17)8-9-14(3,4)5/h10H,6-9H2,1-5H3. The Morgan fingerprint density at radius 2 is 2.00 bits per heavy atom. The lowest BCUT2D eigenvalue weighted by atomic mass is 9.89. The molecular weight excluding hydrogens is 212 g/mol. The molecule has 0 bridgehead atoms. The summed E-state index contributed by atoms with van der Waals surface area (Å²) in [6, 6.07) is 1.94. The van der Waals surface area contributed by atoms with Gasteiger partial charge >= 0.3 is 0 Å². The number of Topliss-reactive ketones (excluding diaryl/α,β-unsaturated/α-hetero) is 1. The van der Waals surface area contributed by atoms with Gasteiger partial charge in [0, 0.05) is 13.0 Å². The fourth-order valence-corrected chi connectivity index (χ4v) is 1.72. The van der Waals surface area contributed by atoms with Crippen LogP contribution in [0.25, 0.3) is 0 Å². The zero-order chi connectivity index (χ0) is 13.1. The highest BCUT2D eigenvalue weighted by Crippen LogP contribution is 2.22. The van der Waals surface area contributed by atoms with E-state index in [-0.39, 0.29) is 11.2 Å². The second kappa shape index (κ2) is 5.48. The molecule has 0 fully saturated rings. The number of hydrogen-bond donors (Lipinski definition) is 0. The second-order valence-electron chi connectivity index (χ2n) is 5.67. The van der Waals surface area contributed by atoms with E-state index in [1.807, 2.05) is 17.7 Å². The van der Waals surface area contributed by atoms with Gasteiger partial charge in [-0.3, -0.25) is 9.48 Å². The average Bonchev–Trinajstić information content (AvgIpc) is 2.68. The van der Waals surface area contributed by atoms with Gasteiger partial charge in [-0.2, -0.15) is 5.10 Å². The number of nitrogens with zero attached hydrogens (tertiary/aromatic N) is 2. The lowest BCUT2D eigenvalue weighted by Crippen LogP contribution is -2.13. The van der Waals surface area contributed by atoms with E-state index in [0.29, 0.717) is 6.42 Å². The maximum Gasteiger partial charge on any atom is 0.180 e. The molecule has 1 aromatic heterocycles. The SMILES string of the molecule is CCc1cc(C(=O)CCC(C)(C)C)n(CC)n1. The van der Waals surface area contributed by atoms with Crippen LogP contribution in [0.1, 0.15) is 63.6 Å². The van der Waals surface area contributed by atoms with Crippen LogP contribution in [0.2, 0.25) is 0 Å². The fraction of sp³-hybridized carbons (Fsp3) is 0.714. The Hall–Kier alpha value is -1.12. The molecular formula is C14H24N2O. The third-order valence-corrected chi connectivity index (χ3v) is 2.88. The van der Waals surface area contributed by atoms with Crippen LogP contribution in [-0.4, -0.2) is 15.6 Å². The molecule has 0 N–H and O–H groups in total.